The Balaban J connectivity index is 2.60. The third-order valence-electron chi connectivity index (χ3n) is 2.86. The van der Waals surface area contributed by atoms with Crippen LogP contribution in [-0.2, 0) is 0 Å². The predicted molar refractivity (Wildman–Crippen MR) is 61.6 cm³/mol. The van der Waals surface area contributed by atoms with Gasteiger partial charge in [-0.05, 0) is 24.5 Å². The summed E-state index contributed by atoms with van der Waals surface area (Å²) in [4.78, 5) is 0. The van der Waals surface area contributed by atoms with Crippen LogP contribution in [0.15, 0.2) is 30.5 Å². The van der Waals surface area contributed by atoms with Crippen molar-refractivity contribution in [3.8, 4) is 0 Å². The molecule has 2 atom stereocenters. The summed E-state index contributed by atoms with van der Waals surface area (Å²) in [7, 11) is 0. The molecule has 3 nitrogen and oxygen atoms in total. The normalized spacial score (nSPS) is 15.1. The minimum absolute atomic E-state index is 0.123. The van der Waals surface area contributed by atoms with Crippen LogP contribution in [0.5, 0.6) is 0 Å². The molecule has 0 radical (unpaired) electrons. The molecule has 2 unspecified atom stereocenters. The standard InChI is InChI=1S/C12H15N3/c1-8(9(2)13)11-7-14-15-12-6-4-3-5-10(11)12/h3-9H,13H2,1-2H3. The molecule has 1 aromatic carbocycles. The first-order valence-electron chi connectivity index (χ1n) is 5.16. The topological polar surface area (TPSA) is 51.8 Å². The summed E-state index contributed by atoms with van der Waals surface area (Å²) in [6, 6.07) is 8.15. The summed E-state index contributed by atoms with van der Waals surface area (Å²) < 4.78 is 0. The minimum Gasteiger partial charge on any atom is -0.327 e. The lowest BCUT2D eigenvalue weighted by Crippen LogP contribution is -2.22. The summed E-state index contributed by atoms with van der Waals surface area (Å²) in [6.45, 7) is 4.13. The first-order chi connectivity index (χ1) is 7.20. The lowest BCUT2D eigenvalue weighted by atomic mass is 9.93. The number of rotatable bonds is 2. The zero-order valence-corrected chi connectivity index (χ0v) is 9.01. The van der Waals surface area contributed by atoms with Crippen LogP contribution in [0.25, 0.3) is 10.9 Å². The Kier molecular flexibility index (Phi) is 2.64. The van der Waals surface area contributed by atoms with Crippen LogP contribution < -0.4 is 5.73 Å². The van der Waals surface area contributed by atoms with Gasteiger partial charge in [-0.1, -0.05) is 25.1 Å². The molecule has 2 N–H and O–H groups in total. The van der Waals surface area contributed by atoms with Gasteiger partial charge in [0.1, 0.15) is 0 Å². The molecule has 0 bridgehead atoms. The molecule has 0 spiro atoms. The van der Waals surface area contributed by atoms with Gasteiger partial charge in [0.05, 0.1) is 11.7 Å². The van der Waals surface area contributed by atoms with E-state index in [1.165, 1.54) is 5.56 Å². The van der Waals surface area contributed by atoms with Crippen molar-refractivity contribution >= 4 is 10.9 Å². The van der Waals surface area contributed by atoms with E-state index in [0.717, 1.165) is 10.9 Å². The van der Waals surface area contributed by atoms with Crippen LogP contribution in [0.1, 0.15) is 25.3 Å². The van der Waals surface area contributed by atoms with E-state index in [2.05, 4.69) is 23.2 Å². The fraction of sp³-hybridized carbons (Fsp3) is 0.333. The van der Waals surface area contributed by atoms with E-state index in [-0.39, 0.29) is 6.04 Å². The third-order valence-corrected chi connectivity index (χ3v) is 2.86. The van der Waals surface area contributed by atoms with Gasteiger partial charge >= 0.3 is 0 Å². The van der Waals surface area contributed by atoms with Crippen LogP contribution in [0.2, 0.25) is 0 Å². The lowest BCUT2D eigenvalue weighted by Gasteiger charge is -2.16. The molecule has 2 rings (SSSR count). The Bertz CT molecular complexity index is 460. The van der Waals surface area contributed by atoms with Gasteiger partial charge in [-0.15, -0.1) is 0 Å². The molecule has 3 heteroatoms. The van der Waals surface area contributed by atoms with Gasteiger partial charge in [-0.2, -0.15) is 10.2 Å². The molecule has 0 aliphatic carbocycles. The maximum absolute atomic E-state index is 5.91. The number of nitrogens with zero attached hydrogens (tertiary/aromatic N) is 2. The summed E-state index contributed by atoms with van der Waals surface area (Å²) in [6.07, 6.45) is 1.82. The zero-order chi connectivity index (χ0) is 10.8. The number of fused-ring (bicyclic) bond motifs is 1. The summed E-state index contributed by atoms with van der Waals surface area (Å²) in [5, 5.41) is 9.25. The van der Waals surface area contributed by atoms with Crippen molar-refractivity contribution in [2.45, 2.75) is 25.8 Å². The molecule has 1 heterocycles. The van der Waals surface area contributed by atoms with Crippen molar-refractivity contribution in [3.63, 3.8) is 0 Å². The number of hydrogen-bond donors (Lipinski definition) is 1. The van der Waals surface area contributed by atoms with E-state index in [1.54, 1.807) is 0 Å². The monoisotopic (exact) mass is 201 g/mol. The molecule has 2 aromatic rings. The molecule has 0 fully saturated rings. The van der Waals surface area contributed by atoms with E-state index in [4.69, 9.17) is 5.73 Å². The van der Waals surface area contributed by atoms with Gasteiger partial charge < -0.3 is 5.73 Å². The summed E-state index contributed by atoms with van der Waals surface area (Å²) >= 11 is 0. The van der Waals surface area contributed by atoms with Crippen molar-refractivity contribution < 1.29 is 0 Å². The van der Waals surface area contributed by atoms with Gasteiger partial charge in [-0.25, -0.2) is 0 Å². The second-order valence-corrected chi connectivity index (χ2v) is 3.96. The van der Waals surface area contributed by atoms with Crippen LogP contribution in [-0.4, -0.2) is 16.2 Å². The van der Waals surface area contributed by atoms with E-state index in [9.17, 15) is 0 Å². The fourth-order valence-corrected chi connectivity index (χ4v) is 1.67. The Morgan fingerprint density at radius 2 is 1.93 bits per heavy atom. The fourth-order valence-electron chi connectivity index (χ4n) is 1.67. The first-order valence-corrected chi connectivity index (χ1v) is 5.16. The lowest BCUT2D eigenvalue weighted by molar-refractivity contribution is 0.614. The van der Waals surface area contributed by atoms with Crippen molar-refractivity contribution in [2.75, 3.05) is 0 Å². The highest BCUT2D eigenvalue weighted by atomic mass is 15.1. The Morgan fingerprint density at radius 1 is 1.20 bits per heavy atom. The highest BCUT2D eigenvalue weighted by molar-refractivity contribution is 5.81. The van der Waals surface area contributed by atoms with E-state index in [0.29, 0.717) is 5.92 Å². The average Bonchev–Trinajstić information content (AvgIpc) is 2.27. The van der Waals surface area contributed by atoms with Crippen LogP contribution in [0.4, 0.5) is 0 Å². The van der Waals surface area contributed by atoms with Crippen molar-refractivity contribution in [1.29, 1.82) is 0 Å². The second-order valence-electron chi connectivity index (χ2n) is 3.96. The average molecular weight is 201 g/mol. The molecule has 15 heavy (non-hydrogen) atoms. The smallest absolute Gasteiger partial charge is 0.0932 e. The first kappa shape index (κ1) is 10.1. The maximum atomic E-state index is 5.91. The van der Waals surface area contributed by atoms with Gasteiger partial charge in [0.15, 0.2) is 0 Å². The summed E-state index contributed by atoms with van der Waals surface area (Å²) in [5.41, 5.74) is 8.02. The predicted octanol–water partition coefficient (Wildman–Crippen LogP) is 2.08. The van der Waals surface area contributed by atoms with Gasteiger partial charge in [0.25, 0.3) is 0 Å². The molecule has 1 aromatic heterocycles. The zero-order valence-electron chi connectivity index (χ0n) is 9.01. The number of hydrogen-bond acceptors (Lipinski definition) is 3. The molecule has 78 valence electrons. The van der Waals surface area contributed by atoms with Crippen LogP contribution in [0, 0.1) is 0 Å². The largest absolute Gasteiger partial charge is 0.327 e. The highest BCUT2D eigenvalue weighted by Gasteiger charge is 2.13. The van der Waals surface area contributed by atoms with E-state index in [1.807, 2.05) is 31.3 Å². The second kappa shape index (κ2) is 3.95. The quantitative estimate of drug-likeness (QED) is 0.809. The molecule has 0 amide bonds. The summed E-state index contributed by atoms with van der Waals surface area (Å²) in [5.74, 6) is 0.297. The molecule has 0 saturated carbocycles. The third kappa shape index (κ3) is 1.83. The van der Waals surface area contributed by atoms with Gasteiger partial charge in [-0.3, -0.25) is 0 Å². The molecular formula is C12H15N3. The van der Waals surface area contributed by atoms with Crippen LogP contribution in [0.3, 0.4) is 0 Å². The molecular weight excluding hydrogens is 186 g/mol. The Labute approximate surface area is 89.3 Å². The number of benzene rings is 1. The van der Waals surface area contributed by atoms with E-state index >= 15 is 0 Å². The van der Waals surface area contributed by atoms with Crippen LogP contribution >= 0.6 is 0 Å². The number of aromatic nitrogens is 2. The molecule has 0 aliphatic rings. The minimum atomic E-state index is 0.123. The SMILES string of the molecule is CC(N)C(C)c1cnnc2ccccc12. The van der Waals surface area contributed by atoms with Gasteiger partial charge in [0.2, 0.25) is 0 Å². The Hall–Kier alpha value is -1.48. The highest BCUT2D eigenvalue weighted by Crippen LogP contribution is 2.24. The molecule has 0 aliphatic heterocycles. The maximum Gasteiger partial charge on any atom is 0.0932 e. The molecule has 0 saturated heterocycles. The van der Waals surface area contributed by atoms with Crippen molar-refractivity contribution in [1.82, 2.24) is 10.2 Å². The Morgan fingerprint density at radius 3 is 2.67 bits per heavy atom. The number of nitrogens with two attached hydrogens (primary N) is 1. The van der Waals surface area contributed by atoms with Gasteiger partial charge in [0, 0.05) is 11.4 Å². The van der Waals surface area contributed by atoms with Crippen molar-refractivity contribution in [2.24, 2.45) is 5.73 Å². The van der Waals surface area contributed by atoms with E-state index < -0.39 is 0 Å². The van der Waals surface area contributed by atoms with Crippen molar-refractivity contribution in [3.05, 3.63) is 36.0 Å².